The van der Waals surface area contributed by atoms with Gasteiger partial charge in [0.25, 0.3) is 12.0 Å². The van der Waals surface area contributed by atoms with Gasteiger partial charge in [0, 0.05) is 36.9 Å². The van der Waals surface area contributed by atoms with Crippen LogP contribution in [0.25, 0.3) is 6.08 Å². The Morgan fingerprint density at radius 1 is 1.14 bits per heavy atom. The zero-order valence-corrected chi connectivity index (χ0v) is 16.1. The molecule has 0 unspecified atom stereocenters. The smallest absolute Gasteiger partial charge is 0.273 e. The highest BCUT2D eigenvalue weighted by Crippen LogP contribution is 2.13. The third-order valence-corrected chi connectivity index (χ3v) is 3.85. The number of oxime groups is 2. The summed E-state index contributed by atoms with van der Waals surface area (Å²) < 4.78 is 24.4. The molecule has 152 valence electrons. The van der Waals surface area contributed by atoms with E-state index in [0.29, 0.717) is 23.1 Å². The molecule has 0 atom stereocenters. The highest BCUT2D eigenvalue weighted by atomic mass is 19.3. The predicted octanol–water partition coefficient (Wildman–Crippen LogP) is 3.77. The van der Waals surface area contributed by atoms with E-state index >= 15 is 0 Å². The molecule has 0 bridgehead atoms. The Hall–Kier alpha value is -3.55. The van der Waals surface area contributed by atoms with Gasteiger partial charge in [0.05, 0.1) is 0 Å². The Morgan fingerprint density at radius 2 is 1.86 bits per heavy atom. The zero-order chi connectivity index (χ0) is 21.1. The standard InChI is InChI=1S/C21H21F2N3O3/c1-24-21(27)20(26-28-2)18-6-4-3-5-17(18)14-29-25-12-11-15-7-9-16(10-8-15)13-19(22)23/h3-10,12-13H,11,14H2,1-2H3,(H,24,27)/b25-12+,26-20-. The van der Waals surface area contributed by atoms with Crippen molar-refractivity contribution in [2.45, 2.75) is 13.0 Å². The Bertz CT molecular complexity index is 906. The second-order valence-corrected chi connectivity index (χ2v) is 5.80. The van der Waals surface area contributed by atoms with E-state index in [-0.39, 0.29) is 18.2 Å². The van der Waals surface area contributed by atoms with Crippen LogP contribution >= 0.6 is 0 Å². The van der Waals surface area contributed by atoms with Gasteiger partial charge in [-0.3, -0.25) is 4.79 Å². The number of hydrogen-bond donors (Lipinski definition) is 1. The SMILES string of the molecule is CNC(=O)/C(=N\OC)c1ccccc1CO/N=C/Cc1ccc(C=C(F)F)cc1. The molecule has 0 spiro atoms. The summed E-state index contributed by atoms with van der Waals surface area (Å²) in [6.45, 7) is 0.131. The molecule has 2 aromatic rings. The van der Waals surface area contributed by atoms with Gasteiger partial charge in [-0.1, -0.05) is 58.8 Å². The predicted molar refractivity (Wildman–Crippen MR) is 108 cm³/mol. The van der Waals surface area contributed by atoms with Crippen molar-refractivity contribution in [3.63, 3.8) is 0 Å². The van der Waals surface area contributed by atoms with E-state index < -0.39 is 6.08 Å². The number of amides is 1. The molecule has 1 N–H and O–H groups in total. The molecule has 0 aromatic heterocycles. The normalized spacial score (nSPS) is 11.2. The van der Waals surface area contributed by atoms with Gasteiger partial charge in [-0.15, -0.1) is 0 Å². The van der Waals surface area contributed by atoms with Crippen molar-refractivity contribution in [3.8, 4) is 0 Å². The molecule has 2 rings (SSSR count). The fraction of sp³-hybridized carbons (Fsp3) is 0.190. The molecule has 0 heterocycles. The molecule has 8 heteroatoms. The lowest BCUT2D eigenvalue weighted by atomic mass is 10.0. The van der Waals surface area contributed by atoms with Crippen LogP contribution in [-0.2, 0) is 27.5 Å². The van der Waals surface area contributed by atoms with Crippen LogP contribution in [0.15, 0.2) is 64.9 Å². The summed E-state index contributed by atoms with van der Waals surface area (Å²) in [6.07, 6.45) is 1.13. The van der Waals surface area contributed by atoms with Crippen LogP contribution in [0.2, 0.25) is 0 Å². The van der Waals surface area contributed by atoms with Gasteiger partial charge in [-0.25, -0.2) is 0 Å². The van der Waals surface area contributed by atoms with Crippen LogP contribution in [0, 0.1) is 0 Å². The maximum Gasteiger partial charge on any atom is 0.273 e. The first-order valence-electron chi connectivity index (χ1n) is 8.72. The van der Waals surface area contributed by atoms with Crippen molar-refractivity contribution in [1.82, 2.24) is 5.32 Å². The summed E-state index contributed by atoms with van der Waals surface area (Å²) >= 11 is 0. The number of nitrogens with zero attached hydrogens (tertiary/aromatic N) is 2. The van der Waals surface area contributed by atoms with Crippen molar-refractivity contribution < 1.29 is 23.3 Å². The van der Waals surface area contributed by atoms with Gasteiger partial charge in [-0.05, 0) is 11.1 Å². The quantitative estimate of drug-likeness (QED) is 0.514. The van der Waals surface area contributed by atoms with Crippen molar-refractivity contribution in [2.75, 3.05) is 14.2 Å². The fourth-order valence-electron chi connectivity index (χ4n) is 2.48. The van der Waals surface area contributed by atoms with Crippen molar-refractivity contribution in [3.05, 3.63) is 76.9 Å². The first-order chi connectivity index (χ1) is 14.0. The summed E-state index contributed by atoms with van der Waals surface area (Å²) in [5.74, 6) is -0.381. The molecule has 0 saturated carbocycles. The minimum Gasteiger partial charge on any atom is -0.398 e. The van der Waals surface area contributed by atoms with Crippen LogP contribution < -0.4 is 5.32 Å². The molecule has 0 radical (unpaired) electrons. The minimum atomic E-state index is -1.73. The Kier molecular flexibility index (Phi) is 8.50. The Morgan fingerprint density at radius 3 is 2.52 bits per heavy atom. The van der Waals surface area contributed by atoms with Gasteiger partial charge >= 0.3 is 0 Å². The molecule has 29 heavy (non-hydrogen) atoms. The van der Waals surface area contributed by atoms with Gasteiger partial charge in [-0.2, -0.15) is 8.78 Å². The number of likely N-dealkylation sites (N-methyl/N-ethyl adjacent to an activating group) is 1. The van der Waals surface area contributed by atoms with Crippen LogP contribution in [0.5, 0.6) is 0 Å². The lowest BCUT2D eigenvalue weighted by Crippen LogP contribution is -2.29. The van der Waals surface area contributed by atoms with Gasteiger partial charge in [0.1, 0.15) is 13.7 Å². The molecule has 0 aliphatic rings. The number of hydrogen-bond acceptors (Lipinski definition) is 5. The number of carbonyl (C=O) groups excluding carboxylic acids is 1. The number of halogens is 2. The van der Waals surface area contributed by atoms with Crippen molar-refractivity contribution in [2.24, 2.45) is 10.3 Å². The number of benzene rings is 2. The molecule has 0 aliphatic heterocycles. The molecule has 0 fully saturated rings. The molecule has 0 aliphatic carbocycles. The van der Waals surface area contributed by atoms with Crippen LogP contribution in [0.3, 0.4) is 0 Å². The first-order valence-corrected chi connectivity index (χ1v) is 8.72. The van der Waals surface area contributed by atoms with E-state index in [9.17, 15) is 13.6 Å². The molecular weight excluding hydrogens is 380 g/mol. The zero-order valence-electron chi connectivity index (χ0n) is 16.1. The Labute approximate surface area is 167 Å². The highest BCUT2D eigenvalue weighted by molar-refractivity contribution is 6.45. The fourth-order valence-corrected chi connectivity index (χ4v) is 2.48. The second kappa shape index (κ2) is 11.3. The van der Waals surface area contributed by atoms with E-state index in [2.05, 4.69) is 15.6 Å². The van der Waals surface area contributed by atoms with E-state index in [0.717, 1.165) is 11.6 Å². The van der Waals surface area contributed by atoms with Crippen molar-refractivity contribution >= 4 is 23.9 Å². The summed E-state index contributed by atoms with van der Waals surface area (Å²) in [5, 5.41) is 10.2. The monoisotopic (exact) mass is 401 g/mol. The van der Waals surface area contributed by atoms with Crippen LogP contribution in [0.1, 0.15) is 22.3 Å². The number of rotatable bonds is 9. The first kappa shape index (κ1) is 21.7. The molecular formula is C21H21F2N3O3. The third-order valence-electron chi connectivity index (χ3n) is 3.85. The van der Waals surface area contributed by atoms with E-state index in [1.807, 2.05) is 6.07 Å². The maximum absolute atomic E-state index is 12.2. The minimum absolute atomic E-state index is 0.131. The molecule has 6 nitrogen and oxygen atoms in total. The van der Waals surface area contributed by atoms with Crippen molar-refractivity contribution in [1.29, 1.82) is 0 Å². The number of nitrogens with one attached hydrogen (secondary N) is 1. The highest BCUT2D eigenvalue weighted by Gasteiger charge is 2.17. The lowest BCUT2D eigenvalue weighted by Gasteiger charge is -2.09. The van der Waals surface area contributed by atoms with Crippen LogP contribution in [-0.4, -0.2) is 32.0 Å². The third kappa shape index (κ3) is 6.84. The topological polar surface area (TPSA) is 72.3 Å². The van der Waals surface area contributed by atoms with E-state index in [1.54, 1.807) is 48.7 Å². The average molecular weight is 401 g/mol. The largest absolute Gasteiger partial charge is 0.398 e. The van der Waals surface area contributed by atoms with E-state index in [4.69, 9.17) is 9.68 Å². The number of carbonyl (C=O) groups is 1. The average Bonchev–Trinajstić information content (AvgIpc) is 2.72. The maximum atomic E-state index is 12.2. The van der Waals surface area contributed by atoms with Crippen LogP contribution in [0.4, 0.5) is 8.78 Å². The van der Waals surface area contributed by atoms with Gasteiger partial charge in [0.15, 0.2) is 5.71 Å². The summed E-state index contributed by atoms with van der Waals surface area (Å²) in [4.78, 5) is 22.1. The molecule has 1 amide bonds. The second-order valence-electron chi connectivity index (χ2n) is 5.80. The van der Waals surface area contributed by atoms with E-state index in [1.165, 1.54) is 14.2 Å². The lowest BCUT2D eigenvalue weighted by molar-refractivity contribution is -0.114. The summed E-state index contributed by atoms with van der Waals surface area (Å²) in [5.41, 5.74) is 2.77. The summed E-state index contributed by atoms with van der Waals surface area (Å²) in [7, 11) is 2.87. The van der Waals surface area contributed by atoms with Gasteiger partial charge in [0.2, 0.25) is 0 Å². The van der Waals surface area contributed by atoms with Gasteiger partial charge < -0.3 is 15.0 Å². The summed E-state index contributed by atoms with van der Waals surface area (Å²) in [6, 6.07) is 13.8. The molecule has 0 saturated heterocycles. The Balaban J connectivity index is 1.98. The molecule has 2 aromatic carbocycles.